The lowest BCUT2D eigenvalue weighted by Crippen LogP contribution is -2.39. The summed E-state index contributed by atoms with van der Waals surface area (Å²) in [5.74, 6) is -0.0269. The third kappa shape index (κ3) is 3.07. The zero-order valence-corrected chi connectivity index (χ0v) is 10.4. The number of amides is 1. The maximum atomic E-state index is 11.6. The van der Waals surface area contributed by atoms with E-state index in [0.29, 0.717) is 6.54 Å². The van der Waals surface area contributed by atoms with Gasteiger partial charge in [-0.2, -0.15) is 0 Å². The van der Waals surface area contributed by atoms with Gasteiger partial charge in [0.1, 0.15) is 0 Å². The van der Waals surface area contributed by atoms with Gasteiger partial charge in [-0.25, -0.2) is 0 Å². The van der Waals surface area contributed by atoms with Gasteiger partial charge in [-0.3, -0.25) is 4.79 Å². The number of hydrogen-bond acceptors (Lipinski definition) is 2. The Morgan fingerprint density at radius 2 is 2.06 bits per heavy atom. The van der Waals surface area contributed by atoms with E-state index in [1.165, 1.54) is 16.7 Å². The van der Waals surface area contributed by atoms with Crippen molar-refractivity contribution in [1.29, 1.82) is 0 Å². The summed E-state index contributed by atoms with van der Waals surface area (Å²) >= 11 is 0. The van der Waals surface area contributed by atoms with Crippen LogP contribution in [0.4, 0.5) is 0 Å². The van der Waals surface area contributed by atoms with Crippen LogP contribution in [0.15, 0.2) is 18.2 Å². The van der Waals surface area contributed by atoms with E-state index >= 15 is 0 Å². The van der Waals surface area contributed by atoms with Gasteiger partial charge >= 0.3 is 0 Å². The Kier molecular flexibility index (Phi) is 4.07. The monoisotopic (exact) mass is 220 g/mol. The molecular weight excluding hydrogens is 200 g/mol. The van der Waals surface area contributed by atoms with Crippen LogP contribution in [-0.2, 0) is 11.3 Å². The predicted octanol–water partition coefficient (Wildman–Crippen LogP) is 1.61. The molecule has 1 aromatic carbocycles. The lowest BCUT2D eigenvalue weighted by atomic mass is 10.1. The number of likely N-dealkylation sites (N-methyl/N-ethyl adjacent to an activating group) is 1. The molecule has 3 nitrogen and oxygen atoms in total. The van der Waals surface area contributed by atoms with Crippen molar-refractivity contribution >= 4 is 5.91 Å². The molecule has 1 unspecified atom stereocenters. The number of rotatable bonds is 3. The van der Waals surface area contributed by atoms with Gasteiger partial charge in [0, 0.05) is 13.6 Å². The number of hydrogen-bond donors (Lipinski definition) is 1. The van der Waals surface area contributed by atoms with E-state index in [1.54, 1.807) is 18.9 Å². The minimum Gasteiger partial charge on any atom is -0.340 e. The normalized spacial score (nSPS) is 12.3. The van der Waals surface area contributed by atoms with Crippen molar-refractivity contribution in [3.63, 3.8) is 0 Å². The summed E-state index contributed by atoms with van der Waals surface area (Å²) < 4.78 is 0. The first kappa shape index (κ1) is 12.7. The van der Waals surface area contributed by atoms with E-state index in [9.17, 15) is 4.79 Å². The Balaban J connectivity index is 2.80. The van der Waals surface area contributed by atoms with Crippen LogP contribution in [-0.4, -0.2) is 23.9 Å². The molecule has 0 aliphatic rings. The van der Waals surface area contributed by atoms with E-state index in [4.69, 9.17) is 5.73 Å². The Labute approximate surface area is 97.2 Å². The Morgan fingerprint density at radius 3 is 2.62 bits per heavy atom. The first-order valence-electron chi connectivity index (χ1n) is 5.48. The van der Waals surface area contributed by atoms with Gasteiger partial charge in [0.15, 0.2) is 0 Å². The highest BCUT2D eigenvalue weighted by atomic mass is 16.2. The molecule has 0 radical (unpaired) electrons. The number of carbonyl (C=O) groups is 1. The maximum Gasteiger partial charge on any atom is 0.239 e. The third-order valence-electron chi connectivity index (χ3n) is 2.68. The summed E-state index contributed by atoms with van der Waals surface area (Å²) in [5.41, 5.74) is 9.16. The summed E-state index contributed by atoms with van der Waals surface area (Å²) in [6.07, 6.45) is 0. The number of nitrogens with two attached hydrogens (primary N) is 1. The summed E-state index contributed by atoms with van der Waals surface area (Å²) in [5, 5.41) is 0. The Bertz CT molecular complexity index is 386. The van der Waals surface area contributed by atoms with Crippen molar-refractivity contribution in [3.05, 3.63) is 34.9 Å². The molecule has 0 fully saturated rings. The molecule has 88 valence electrons. The molecule has 3 heteroatoms. The molecule has 1 rings (SSSR count). The van der Waals surface area contributed by atoms with E-state index in [0.717, 1.165) is 0 Å². The molecule has 0 saturated heterocycles. The molecule has 1 aromatic rings. The van der Waals surface area contributed by atoms with Crippen LogP contribution >= 0.6 is 0 Å². The van der Waals surface area contributed by atoms with Crippen LogP contribution in [0.5, 0.6) is 0 Å². The first-order valence-corrected chi connectivity index (χ1v) is 5.48. The van der Waals surface area contributed by atoms with Gasteiger partial charge in [-0.15, -0.1) is 0 Å². The van der Waals surface area contributed by atoms with Crippen LogP contribution in [0.2, 0.25) is 0 Å². The van der Waals surface area contributed by atoms with Gasteiger partial charge < -0.3 is 10.6 Å². The fourth-order valence-electron chi connectivity index (χ4n) is 1.65. The average molecular weight is 220 g/mol. The van der Waals surface area contributed by atoms with Crippen molar-refractivity contribution in [1.82, 2.24) is 4.90 Å². The molecule has 0 bridgehead atoms. The van der Waals surface area contributed by atoms with Gasteiger partial charge in [-0.05, 0) is 31.9 Å². The molecular formula is C13H20N2O. The molecule has 1 amide bonds. The number of carbonyl (C=O) groups excluding carboxylic acids is 1. The molecule has 2 N–H and O–H groups in total. The highest BCUT2D eigenvalue weighted by Gasteiger charge is 2.14. The Morgan fingerprint density at radius 1 is 1.44 bits per heavy atom. The molecule has 1 atom stereocenters. The summed E-state index contributed by atoms with van der Waals surface area (Å²) in [6.45, 7) is 6.44. The van der Waals surface area contributed by atoms with Crippen molar-refractivity contribution in [2.75, 3.05) is 7.05 Å². The van der Waals surface area contributed by atoms with E-state index < -0.39 is 6.04 Å². The minimum absolute atomic E-state index is 0.0269. The average Bonchev–Trinajstić information content (AvgIpc) is 2.22. The molecule has 0 heterocycles. The van der Waals surface area contributed by atoms with Crippen molar-refractivity contribution in [2.24, 2.45) is 5.73 Å². The predicted molar refractivity (Wildman–Crippen MR) is 66.0 cm³/mol. The molecule has 0 saturated carbocycles. The zero-order valence-electron chi connectivity index (χ0n) is 10.4. The van der Waals surface area contributed by atoms with Crippen molar-refractivity contribution in [3.8, 4) is 0 Å². The van der Waals surface area contributed by atoms with E-state index in [-0.39, 0.29) is 5.91 Å². The minimum atomic E-state index is -0.435. The summed E-state index contributed by atoms with van der Waals surface area (Å²) in [6, 6.07) is 5.83. The second-order valence-corrected chi connectivity index (χ2v) is 4.41. The SMILES string of the molecule is Cc1ccc(C)c(CN(C)C(=O)C(C)N)c1. The van der Waals surface area contributed by atoms with E-state index in [2.05, 4.69) is 32.0 Å². The summed E-state index contributed by atoms with van der Waals surface area (Å²) in [7, 11) is 1.79. The second-order valence-electron chi connectivity index (χ2n) is 4.41. The van der Waals surface area contributed by atoms with Gasteiger partial charge in [0.05, 0.1) is 6.04 Å². The lowest BCUT2D eigenvalue weighted by molar-refractivity contribution is -0.131. The molecule has 0 spiro atoms. The molecule has 0 aromatic heterocycles. The topological polar surface area (TPSA) is 46.3 Å². The largest absolute Gasteiger partial charge is 0.340 e. The van der Waals surface area contributed by atoms with Gasteiger partial charge in [0.2, 0.25) is 5.91 Å². The van der Waals surface area contributed by atoms with Crippen molar-refractivity contribution < 1.29 is 4.79 Å². The fraction of sp³-hybridized carbons (Fsp3) is 0.462. The quantitative estimate of drug-likeness (QED) is 0.841. The van der Waals surface area contributed by atoms with Crippen LogP contribution in [0.1, 0.15) is 23.6 Å². The molecule has 0 aliphatic heterocycles. The highest BCUT2D eigenvalue weighted by Crippen LogP contribution is 2.12. The first-order chi connectivity index (χ1) is 7.41. The lowest BCUT2D eigenvalue weighted by Gasteiger charge is -2.20. The Hall–Kier alpha value is -1.35. The van der Waals surface area contributed by atoms with Crippen LogP contribution < -0.4 is 5.73 Å². The zero-order chi connectivity index (χ0) is 12.3. The number of benzene rings is 1. The van der Waals surface area contributed by atoms with Crippen LogP contribution in [0, 0.1) is 13.8 Å². The van der Waals surface area contributed by atoms with E-state index in [1.807, 2.05) is 0 Å². The maximum absolute atomic E-state index is 11.6. The molecule has 0 aliphatic carbocycles. The summed E-state index contributed by atoms with van der Waals surface area (Å²) in [4.78, 5) is 13.3. The van der Waals surface area contributed by atoms with Crippen LogP contribution in [0.25, 0.3) is 0 Å². The highest BCUT2D eigenvalue weighted by molar-refractivity contribution is 5.80. The van der Waals surface area contributed by atoms with Crippen LogP contribution in [0.3, 0.4) is 0 Å². The third-order valence-corrected chi connectivity index (χ3v) is 2.68. The van der Waals surface area contributed by atoms with Gasteiger partial charge in [0.25, 0.3) is 0 Å². The number of nitrogens with zero attached hydrogens (tertiary/aromatic N) is 1. The fourth-order valence-corrected chi connectivity index (χ4v) is 1.65. The second kappa shape index (κ2) is 5.12. The van der Waals surface area contributed by atoms with Gasteiger partial charge in [-0.1, -0.05) is 23.8 Å². The molecule has 16 heavy (non-hydrogen) atoms. The smallest absolute Gasteiger partial charge is 0.239 e. The standard InChI is InChI=1S/C13H20N2O/c1-9-5-6-10(2)12(7-9)8-15(4)13(16)11(3)14/h5-7,11H,8,14H2,1-4H3. The number of aryl methyl sites for hydroxylation is 2. The van der Waals surface area contributed by atoms with Crippen molar-refractivity contribution in [2.45, 2.75) is 33.4 Å².